The largest absolute Gasteiger partial charge is 0.497 e. The van der Waals surface area contributed by atoms with Crippen molar-refractivity contribution >= 4 is 17.9 Å². The van der Waals surface area contributed by atoms with Crippen molar-refractivity contribution in [1.82, 2.24) is 15.5 Å². The van der Waals surface area contributed by atoms with Gasteiger partial charge in [0.2, 0.25) is 0 Å². The van der Waals surface area contributed by atoms with Crippen LogP contribution in [0.15, 0.2) is 24.3 Å². The molecule has 1 aliphatic heterocycles. The third-order valence-corrected chi connectivity index (χ3v) is 4.96. The number of carbonyl (C=O) groups excluding carboxylic acids is 3. The topological polar surface area (TPSA) is 97.0 Å². The molecule has 1 aliphatic rings. The first-order chi connectivity index (χ1) is 13.8. The SMILES string of the molecule is COC(=O)[C@H](CC(C)C)NC(=O)N1CCC(NC(=O)c2ccc(OC)cc2)CC1. The second kappa shape index (κ2) is 10.7. The molecule has 1 heterocycles. The van der Waals surface area contributed by atoms with E-state index >= 15 is 0 Å². The van der Waals surface area contributed by atoms with Crippen molar-refractivity contribution in [2.24, 2.45) is 5.92 Å². The first-order valence-electron chi connectivity index (χ1n) is 9.92. The minimum atomic E-state index is -0.653. The molecule has 0 spiro atoms. The van der Waals surface area contributed by atoms with Crippen LogP contribution >= 0.6 is 0 Å². The van der Waals surface area contributed by atoms with E-state index in [1.54, 1.807) is 36.3 Å². The van der Waals surface area contributed by atoms with Gasteiger partial charge in [-0.25, -0.2) is 9.59 Å². The number of hydrogen-bond acceptors (Lipinski definition) is 5. The number of urea groups is 1. The number of amides is 3. The molecule has 0 aromatic heterocycles. The van der Waals surface area contributed by atoms with Gasteiger partial charge in [-0.15, -0.1) is 0 Å². The summed E-state index contributed by atoms with van der Waals surface area (Å²) in [6, 6.07) is 6.01. The van der Waals surface area contributed by atoms with Crippen LogP contribution in [0.2, 0.25) is 0 Å². The molecule has 1 saturated heterocycles. The predicted molar refractivity (Wildman–Crippen MR) is 109 cm³/mol. The maximum absolute atomic E-state index is 12.5. The fourth-order valence-electron chi connectivity index (χ4n) is 3.31. The minimum absolute atomic E-state index is 0.000666. The van der Waals surface area contributed by atoms with Crippen LogP contribution < -0.4 is 15.4 Å². The Balaban J connectivity index is 1.83. The highest BCUT2D eigenvalue weighted by Gasteiger charge is 2.28. The molecule has 29 heavy (non-hydrogen) atoms. The maximum atomic E-state index is 12.5. The smallest absolute Gasteiger partial charge is 0.328 e. The standard InChI is InChI=1S/C21H31N3O5/c1-14(2)13-18(20(26)29-4)23-21(27)24-11-9-16(10-12-24)22-19(25)15-5-7-17(28-3)8-6-15/h5-8,14,16,18H,9-13H2,1-4H3,(H,22,25)(H,23,27)/t18-/m0/s1. The molecule has 1 atom stereocenters. The molecule has 8 nitrogen and oxygen atoms in total. The number of benzene rings is 1. The second-order valence-electron chi connectivity index (χ2n) is 7.62. The van der Waals surface area contributed by atoms with Gasteiger partial charge in [-0.1, -0.05) is 13.8 Å². The van der Waals surface area contributed by atoms with E-state index in [2.05, 4.69) is 10.6 Å². The number of nitrogens with one attached hydrogen (secondary N) is 2. The summed E-state index contributed by atoms with van der Waals surface area (Å²) in [7, 11) is 2.90. The van der Waals surface area contributed by atoms with Crippen LogP contribution in [0.25, 0.3) is 0 Å². The third-order valence-electron chi connectivity index (χ3n) is 4.96. The monoisotopic (exact) mass is 405 g/mol. The number of esters is 1. The quantitative estimate of drug-likeness (QED) is 0.678. The molecule has 0 radical (unpaired) electrons. The molecule has 0 bridgehead atoms. The van der Waals surface area contributed by atoms with Crippen LogP contribution in [-0.2, 0) is 9.53 Å². The highest BCUT2D eigenvalue weighted by Crippen LogP contribution is 2.15. The first kappa shape index (κ1) is 22.5. The Morgan fingerprint density at radius 1 is 1.10 bits per heavy atom. The van der Waals surface area contributed by atoms with Gasteiger partial charge in [0.25, 0.3) is 5.91 Å². The number of hydrogen-bond donors (Lipinski definition) is 2. The Morgan fingerprint density at radius 2 is 1.72 bits per heavy atom. The summed E-state index contributed by atoms with van der Waals surface area (Å²) in [5.41, 5.74) is 0.570. The van der Waals surface area contributed by atoms with Crippen molar-refractivity contribution in [3.8, 4) is 5.75 Å². The van der Waals surface area contributed by atoms with E-state index in [-0.39, 0.29) is 23.9 Å². The maximum Gasteiger partial charge on any atom is 0.328 e. The fraction of sp³-hybridized carbons (Fsp3) is 0.571. The number of nitrogens with zero attached hydrogens (tertiary/aromatic N) is 1. The van der Waals surface area contributed by atoms with Crippen LogP contribution in [0.4, 0.5) is 4.79 Å². The summed E-state index contributed by atoms with van der Waals surface area (Å²) >= 11 is 0. The predicted octanol–water partition coefficient (Wildman–Crippen LogP) is 2.19. The van der Waals surface area contributed by atoms with Crippen LogP contribution in [-0.4, -0.2) is 62.2 Å². The molecule has 3 amide bonds. The van der Waals surface area contributed by atoms with E-state index < -0.39 is 12.0 Å². The van der Waals surface area contributed by atoms with Crippen LogP contribution in [0, 0.1) is 5.92 Å². The van der Waals surface area contributed by atoms with Gasteiger partial charge in [0, 0.05) is 24.7 Å². The summed E-state index contributed by atoms with van der Waals surface area (Å²) in [5.74, 6) is 0.369. The van der Waals surface area contributed by atoms with Crippen molar-refractivity contribution in [3.05, 3.63) is 29.8 Å². The lowest BCUT2D eigenvalue weighted by atomic mass is 10.0. The highest BCUT2D eigenvalue weighted by atomic mass is 16.5. The molecular weight excluding hydrogens is 374 g/mol. The molecule has 0 saturated carbocycles. The van der Waals surface area contributed by atoms with Gasteiger partial charge in [0.05, 0.1) is 14.2 Å². The summed E-state index contributed by atoms with van der Waals surface area (Å²) in [4.78, 5) is 38.5. The molecule has 1 aromatic carbocycles. The van der Waals surface area contributed by atoms with Gasteiger partial charge in [0.1, 0.15) is 11.8 Å². The van der Waals surface area contributed by atoms with E-state index in [4.69, 9.17) is 9.47 Å². The second-order valence-corrected chi connectivity index (χ2v) is 7.62. The van der Waals surface area contributed by atoms with E-state index in [0.717, 1.165) is 0 Å². The highest BCUT2D eigenvalue weighted by molar-refractivity contribution is 5.94. The minimum Gasteiger partial charge on any atom is -0.497 e. The van der Waals surface area contributed by atoms with Gasteiger partial charge >= 0.3 is 12.0 Å². The Morgan fingerprint density at radius 3 is 2.24 bits per heavy atom. The number of ether oxygens (including phenoxy) is 2. The Kier molecular flexibility index (Phi) is 8.30. The van der Waals surface area contributed by atoms with Crippen LogP contribution in [0.5, 0.6) is 5.75 Å². The molecule has 1 fully saturated rings. The average Bonchev–Trinajstić information content (AvgIpc) is 2.72. The van der Waals surface area contributed by atoms with Crippen molar-refractivity contribution in [3.63, 3.8) is 0 Å². The summed E-state index contributed by atoms with van der Waals surface area (Å²) in [6.07, 6.45) is 1.83. The van der Waals surface area contributed by atoms with Gasteiger partial charge in [-0.2, -0.15) is 0 Å². The van der Waals surface area contributed by atoms with E-state index in [0.29, 0.717) is 43.7 Å². The molecule has 0 unspecified atom stereocenters. The summed E-state index contributed by atoms with van der Waals surface area (Å²) < 4.78 is 9.89. The zero-order chi connectivity index (χ0) is 21.4. The van der Waals surface area contributed by atoms with Gasteiger partial charge in [-0.05, 0) is 49.4 Å². The fourth-order valence-corrected chi connectivity index (χ4v) is 3.31. The van der Waals surface area contributed by atoms with Crippen molar-refractivity contribution < 1.29 is 23.9 Å². The van der Waals surface area contributed by atoms with Crippen LogP contribution in [0.3, 0.4) is 0 Å². The molecule has 2 rings (SSSR count). The lowest BCUT2D eigenvalue weighted by Gasteiger charge is -2.33. The number of methoxy groups -OCH3 is 2. The van der Waals surface area contributed by atoms with Gasteiger partial charge < -0.3 is 25.0 Å². The molecule has 8 heteroatoms. The van der Waals surface area contributed by atoms with Crippen molar-refractivity contribution in [2.45, 2.75) is 45.2 Å². The molecule has 160 valence electrons. The lowest BCUT2D eigenvalue weighted by Crippen LogP contribution is -2.53. The zero-order valence-corrected chi connectivity index (χ0v) is 17.6. The van der Waals surface area contributed by atoms with Gasteiger partial charge in [-0.3, -0.25) is 4.79 Å². The summed E-state index contributed by atoms with van der Waals surface area (Å²) in [5, 5.41) is 5.79. The van der Waals surface area contributed by atoms with Crippen molar-refractivity contribution in [2.75, 3.05) is 27.3 Å². The lowest BCUT2D eigenvalue weighted by molar-refractivity contribution is -0.143. The van der Waals surface area contributed by atoms with E-state index in [1.165, 1.54) is 7.11 Å². The number of likely N-dealkylation sites (tertiary alicyclic amines) is 1. The average molecular weight is 405 g/mol. The normalized spacial score (nSPS) is 15.6. The van der Waals surface area contributed by atoms with Gasteiger partial charge in [0.15, 0.2) is 0 Å². The number of rotatable bonds is 7. The molecule has 2 N–H and O–H groups in total. The number of carbonyl (C=O) groups is 3. The zero-order valence-electron chi connectivity index (χ0n) is 17.6. The van der Waals surface area contributed by atoms with Crippen molar-refractivity contribution in [1.29, 1.82) is 0 Å². The van der Waals surface area contributed by atoms with E-state index in [9.17, 15) is 14.4 Å². The Hall–Kier alpha value is -2.77. The Labute approximate surface area is 171 Å². The summed E-state index contributed by atoms with van der Waals surface area (Å²) in [6.45, 7) is 4.99. The first-order valence-corrected chi connectivity index (χ1v) is 9.92. The number of piperidine rings is 1. The molecule has 1 aromatic rings. The molecule has 0 aliphatic carbocycles. The Bertz CT molecular complexity index is 697. The molecular formula is C21H31N3O5. The van der Waals surface area contributed by atoms with Crippen LogP contribution in [0.1, 0.15) is 43.5 Å². The third kappa shape index (κ3) is 6.66. The van der Waals surface area contributed by atoms with E-state index in [1.807, 2.05) is 13.8 Å².